The van der Waals surface area contributed by atoms with Gasteiger partial charge in [-0.25, -0.2) is 9.31 Å². The van der Waals surface area contributed by atoms with Crippen LogP contribution < -0.4 is 4.18 Å². The van der Waals surface area contributed by atoms with Gasteiger partial charge >= 0.3 is 21.6 Å². The van der Waals surface area contributed by atoms with Crippen molar-refractivity contribution in [3.8, 4) is 5.75 Å². The number of aliphatic carboxylic acids is 1. The van der Waals surface area contributed by atoms with Gasteiger partial charge in [0.25, 0.3) is 0 Å². The van der Waals surface area contributed by atoms with Crippen LogP contribution in [-0.4, -0.2) is 39.7 Å². The Bertz CT molecular complexity index is 1170. The number of aryl methyl sites for hydroxylation is 1. The molecule has 8 nitrogen and oxygen atoms in total. The Morgan fingerprint density at radius 1 is 1.30 bits per heavy atom. The SMILES string of the molecule is Cc1cn2nc3ccccc3c2c(OS(=O)(=O)C(F)(F)F)c1C(O)C(=O)O. The van der Waals surface area contributed by atoms with Crippen molar-refractivity contribution in [1.82, 2.24) is 9.61 Å². The van der Waals surface area contributed by atoms with Crippen LogP contribution in [0.2, 0.25) is 0 Å². The van der Waals surface area contributed by atoms with E-state index in [1.54, 1.807) is 6.07 Å². The molecule has 0 aliphatic rings. The largest absolute Gasteiger partial charge is 0.534 e. The van der Waals surface area contributed by atoms with E-state index >= 15 is 0 Å². The summed E-state index contributed by atoms with van der Waals surface area (Å²) in [4.78, 5) is 11.2. The van der Waals surface area contributed by atoms with Gasteiger partial charge in [-0.05, 0) is 18.6 Å². The van der Waals surface area contributed by atoms with Crippen LogP contribution in [0.15, 0.2) is 30.5 Å². The van der Waals surface area contributed by atoms with Gasteiger partial charge in [-0.3, -0.25) is 0 Å². The fourth-order valence-electron chi connectivity index (χ4n) is 2.63. The molecule has 0 aliphatic carbocycles. The molecule has 2 aromatic heterocycles. The average Bonchev–Trinajstić information content (AvgIpc) is 2.90. The first-order valence-electron chi connectivity index (χ1n) is 7.26. The van der Waals surface area contributed by atoms with Gasteiger partial charge in [0.15, 0.2) is 11.9 Å². The lowest BCUT2D eigenvalue weighted by atomic mass is 10.0. The molecule has 3 rings (SSSR count). The smallest absolute Gasteiger partial charge is 0.479 e. The standard InChI is InChI=1S/C15H11F3N2O6S/c1-7-6-20-11(8-4-2-3-5-9(8)19-20)13(10(7)12(21)14(22)23)26-27(24,25)15(16,17)18/h2-6,12,21H,1H3,(H,22,23). The maximum atomic E-state index is 12.8. The molecule has 1 aromatic carbocycles. The van der Waals surface area contributed by atoms with Crippen LogP contribution in [0.4, 0.5) is 13.2 Å². The highest BCUT2D eigenvalue weighted by Crippen LogP contribution is 2.39. The number of fused-ring (bicyclic) bond motifs is 3. The summed E-state index contributed by atoms with van der Waals surface area (Å²) < 4.78 is 67.0. The lowest BCUT2D eigenvalue weighted by Gasteiger charge is -2.18. The summed E-state index contributed by atoms with van der Waals surface area (Å²) in [5.41, 5.74) is -6.33. The topological polar surface area (TPSA) is 118 Å². The van der Waals surface area contributed by atoms with Crippen LogP contribution in [0.5, 0.6) is 5.75 Å². The van der Waals surface area contributed by atoms with Crippen molar-refractivity contribution >= 4 is 32.5 Å². The number of hydrogen-bond donors (Lipinski definition) is 2. The van der Waals surface area contributed by atoms with Crippen LogP contribution >= 0.6 is 0 Å². The summed E-state index contributed by atoms with van der Waals surface area (Å²) in [6.45, 7) is 1.28. The predicted octanol–water partition coefficient (Wildman–Crippen LogP) is 2.14. The van der Waals surface area contributed by atoms with E-state index in [1.807, 2.05) is 0 Å². The highest BCUT2D eigenvalue weighted by atomic mass is 32.2. The van der Waals surface area contributed by atoms with E-state index in [1.165, 1.54) is 31.3 Å². The number of aromatic nitrogens is 2. The van der Waals surface area contributed by atoms with Crippen LogP contribution in [-0.2, 0) is 14.9 Å². The Hall–Kier alpha value is -2.86. The molecule has 0 amide bonds. The van der Waals surface area contributed by atoms with Crippen molar-refractivity contribution in [2.24, 2.45) is 0 Å². The Morgan fingerprint density at radius 2 is 1.93 bits per heavy atom. The lowest BCUT2D eigenvalue weighted by molar-refractivity contribution is -0.147. The summed E-state index contributed by atoms with van der Waals surface area (Å²) >= 11 is 0. The van der Waals surface area contributed by atoms with E-state index in [2.05, 4.69) is 9.28 Å². The minimum atomic E-state index is -6.13. The lowest BCUT2D eigenvalue weighted by Crippen LogP contribution is -2.29. The minimum absolute atomic E-state index is 0.0300. The normalized spacial score (nSPS) is 13.8. The van der Waals surface area contributed by atoms with E-state index in [0.29, 0.717) is 5.52 Å². The highest BCUT2D eigenvalue weighted by Gasteiger charge is 2.49. The third-order valence-electron chi connectivity index (χ3n) is 3.79. The quantitative estimate of drug-likeness (QED) is 0.505. The van der Waals surface area contributed by atoms with Gasteiger partial charge in [0, 0.05) is 17.1 Å². The number of carbonyl (C=O) groups is 1. The third kappa shape index (κ3) is 3.06. The molecular formula is C15H11F3N2O6S. The van der Waals surface area contributed by atoms with E-state index in [4.69, 9.17) is 5.11 Å². The number of halogens is 3. The van der Waals surface area contributed by atoms with E-state index in [0.717, 1.165) is 4.52 Å². The summed E-state index contributed by atoms with van der Waals surface area (Å²) in [5, 5.41) is 23.3. The number of nitrogens with zero attached hydrogens (tertiary/aromatic N) is 2. The maximum absolute atomic E-state index is 12.8. The molecule has 0 radical (unpaired) electrons. The van der Waals surface area contributed by atoms with E-state index in [-0.39, 0.29) is 16.5 Å². The molecule has 0 fully saturated rings. The average molecular weight is 404 g/mol. The Balaban J connectivity index is 2.45. The first-order valence-corrected chi connectivity index (χ1v) is 8.67. The number of pyridine rings is 1. The van der Waals surface area contributed by atoms with Gasteiger partial charge in [0.1, 0.15) is 5.52 Å². The van der Waals surface area contributed by atoms with Crippen molar-refractivity contribution in [2.75, 3.05) is 0 Å². The molecule has 27 heavy (non-hydrogen) atoms. The van der Waals surface area contributed by atoms with E-state index in [9.17, 15) is 31.5 Å². The van der Waals surface area contributed by atoms with Crippen molar-refractivity contribution in [2.45, 2.75) is 18.5 Å². The number of carboxylic acids is 1. The molecule has 1 unspecified atom stereocenters. The fraction of sp³-hybridized carbons (Fsp3) is 0.200. The van der Waals surface area contributed by atoms with Crippen molar-refractivity contribution < 1.29 is 40.8 Å². The van der Waals surface area contributed by atoms with Gasteiger partial charge in [-0.15, -0.1) is 0 Å². The molecule has 1 atom stereocenters. The Kier molecular flexibility index (Phi) is 4.27. The third-order valence-corrected chi connectivity index (χ3v) is 4.74. The first-order chi connectivity index (χ1) is 12.4. The van der Waals surface area contributed by atoms with Crippen molar-refractivity contribution in [3.63, 3.8) is 0 Å². The molecule has 0 saturated heterocycles. The number of alkyl halides is 3. The highest BCUT2D eigenvalue weighted by molar-refractivity contribution is 7.88. The number of benzene rings is 1. The summed E-state index contributed by atoms with van der Waals surface area (Å²) in [5.74, 6) is -2.74. The fourth-order valence-corrected chi connectivity index (χ4v) is 3.12. The first kappa shape index (κ1) is 18.9. The summed E-state index contributed by atoms with van der Waals surface area (Å²) in [6, 6.07) is 6.09. The van der Waals surface area contributed by atoms with Gasteiger partial charge in [-0.2, -0.15) is 26.7 Å². The number of aliphatic hydroxyl groups is 1. The molecule has 0 saturated carbocycles. The molecule has 144 valence electrons. The van der Waals surface area contributed by atoms with Crippen LogP contribution in [0.3, 0.4) is 0 Å². The molecular weight excluding hydrogens is 393 g/mol. The van der Waals surface area contributed by atoms with Gasteiger partial charge < -0.3 is 14.4 Å². The van der Waals surface area contributed by atoms with Crippen LogP contribution in [0.25, 0.3) is 16.4 Å². The minimum Gasteiger partial charge on any atom is -0.479 e. The van der Waals surface area contributed by atoms with Crippen molar-refractivity contribution in [3.05, 3.63) is 41.6 Å². The monoisotopic (exact) mass is 404 g/mol. The maximum Gasteiger partial charge on any atom is 0.534 e. The van der Waals surface area contributed by atoms with Gasteiger partial charge in [0.2, 0.25) is 0 Å². The second-order valence-electron chi connectivity index (χ2n) is 5.59. The zero-order chi connectivity index (χ0) is 20.1. The number of hydrogen-bond acceptors (Lipinski definition) is 6. The molecule has 0 aliphatic heterocycles. The molecule has 2 heterocycles. The number of rotatable bonds is 4. The van der Waals surface area contributed by atoms with Gasteiger partial charge in [-0.1, -0.05) is 18.2 Å². The van der Waals surface area contributed by atoms with E-state index < -0.39 is 39.0 Å². The zero-order valence-corrected chi connectivity index (χ0v) is 14.2. The predicted molar refractivity (Wildman–Crippen MR) is 85.6 cm³/mol. The number of aliphatic hydroxyl groups excluding tert-OH is 1. The van der Waals surface area contributed by atoms with Gasteiger partial charge in [0.05, 0.1) is 5.52 Å². The summed E-state index contributed by atoms with van der Waals surface area (Å²) in [6.07, 6.45) is -1.06. The summed E-state index contributed by atoms with van der Waals surface area (Å²) in [7, 11) is -6.13. The number of carboxylic acid groups (broad SMARTS) is 1. The Labute approximate surface area is 149 Å². The Morgan fingerprint density at radius 3 is 2.52 bits per heavy atom. The molecule has 12 heteroatoms. The van der Waals surface area contributed by atoms with Crippen LogP contribution in [0, 0.1) is 6.92 Å². The second-order valence-corrected chi connectivity index (χ2v) is 7.13. The molecule has 2 N–H and O–H groups in total. The molecule has 3 aromatic rings. The molecule has 0 bridgehead atoms. The van der Waals surface area contributed by atoms with Crippen LogP contribution in [0.1, 0.15) is 17.2 Å². The second kappa shape index (κ2) is 6.09. The zero-order valence-electron chi connectivity index (χ0n) is 13.4. The van der Waals surface area contributed by atoms with Crippen molar-refractivity contribution in [1.29, 1.82) is 0 Å². The molecule has 0 spiro atoms.